The van der Waals surface area contributed by atoms with E-state index in [0.717, 1.165) is 11.3 Å². The molecule has 0 aliphatic rings. The van der Waals surface area contributed by atoms with Crippen LogP contribution in [0.2, 0.25) is 0 Å². The number of rotatable bonds is 7. The van der Waals surface area contributed by atoms with Crippen LogP contribution < -0.4 is 5.32 Å². The van der Waals surface area contributed by atoms with E-state index in [9.17, 15) is 14.7 Å². The predicted molar refractivity (Wildman–Crippen MR) is 87.0 cm³/mol. The Morgan fingerprint density at radius 2 is 1.91 bits per heavy atom. The van der Waals surface area contributed by atoms with Crippen molar-refractivity contribution < 1.29 is 14.7 Å². The summed E-state index contributed by atoms with van der Waals surface area (Å²) >= 11 is 0. The van der Waals surface area contributed by atoms with Crippen molar-refractivity contribution in [2.45, 2.75) is 13.3 Å². The molecule has 0 saturated heterocycles. The van der Waals surface area contributed by atoms with Gasteiger partial charge in [0.05, 0.1) is 0 Å². The smallest absolute Gasteiger partial charge is 0.292 e. The molecule has 0 saturated carbocycles. The van der Waals surface area contributed by atoms with E-state index in [2.05, 4.69) is 10.3 Å². The normalized spacial score (nSPS) is 11.7. The van der Waals surface area contributed by atoms with Crippen LogP contribution in [-0.4, -0.2) is 34.9 Å². The van der Waals surface area contributed by atoms with Crippen molar-refractivity contribution in [2.24, 2.45) is 5.92 Å². The quantitative estimate of drug-likeness (QED) is 0.600. The molecule has 1 aromatic carbocycles. The van der Waals surface area contributed by atoms with Crippen molar-refractivity contribution in [1.82, 2.24) is 10.3 Å². The van der Waals surface area contributed by atoms with E-state index in [4.69, 9.17) is 0 Å². The number of benzene rings is 1. The fourth-order valence-electron chi connectivity index (χ4n) is 2.17. The highest BCUT2D eigenvalue weighted by Crippen LogP contribution is 2.06. The van der Waals surface area contributed by atoms with E-state index in [-0.39, 0.29) is 19.1 Å². The number of nitrogens with one attached hydrogen (secondary N) is 1. The number of hydrogen-bond acceptors (Lipinski definition) is 4. The molecule has 2 rings (SSSR count). The number of aromatic nitrogens is 1. The monoisotopic (exact) mass is 312 g/mol. The molecule has 0 aliphatic heterocycles. The number of aliphatic hydroxyl groups excluding tert-OH is 1. The lowest BCUT2D eigenvalue weighted by Gasteiger charge is -2.14. The second kappa shape index (κ2) is 8.19. The molecule has 1 aromatic heterocycles. The summed E-state index contributed by atoms with van der Waals surface area (Å²) in [5, 5.41) is 12.0. The van der Waals surface area contributed by atoms with Crippen LogP contribution in [0, 0.1) is 12.8 Å². The Kier molecular flexibility index (Phi) is 6.00. The van der Waals surface area contributed by atoms with Crippen LogP contribution in [-0.2, 0) is 11.2 Å². The largest absolute Gasteiger partial charge is 0.396 e. The first-order valence-corrected chi connectivity index (χ1v) is 7.50. The summed E-state index contributed by atoms with van der Waals surface area (Å²) in [5.74, 6) is -1.41. The van der Waals surface area contributed by atoms with Crippen LogP contribution in [0.3, 0.4) is 0 Å². The Bertz CT molecular complexity index is 654. The van der Waals surface area contributed by atoms with Crippen LogP contribution >= 0.6 is 0 Å². The molecule has 5 heteroatoms. The number of carbonyl (C=O) groups is 2. The van der Waals surface area contributed by atoms with Crippen LogP contribution in [0.5, 0.6) is 0 Å². The van der Waals surface area contributed by atoms with Gasteiger partial charge in [0, 0.05) is 36.5 Å². The highest BCUT2D eigenvalue weighted by Gasteiger charge is 2.18. The average molecular weight is 312 g/mol. The molecule has 2 aromatic rings. The van der Waals surface area contributed by atoms with Crippen molar-refractivity contribution in [3.63, 3.8) is 0 Å². The van der Waals surface area contributed by atoms with Gasteiger partial charge in [-0.25, -0.2) is 0 Å². The molecule has 2 N–H and O–H groups in total. The Hall–Kier alpha value is -2.53. The minimum Gasteiger partial charge on any atom is -0.396 e. The molecular weight excluding hydrogens is 292 g/mol. The number of pyridine rings is 1. The van der Waals surface area contributed by atoms with Crippen LogP contribution in [0.4, 0.5) is 0 Å². The molecule has 0 bridgehead atoms. The van der Waals surface area contributed by atoms with Gasteiger partial charge in [-0.15, -0.1) is 0 Å². The molecule has 120 valence electrons. The number of carbonyl (C=O) groups excluding carboxylic acids is 2. The minimum atomic E-state index is -0.659. The Morgan fingerprint density at radius 1 is 1.17 bits per heavy atom. The second-order valence-electron chi connectivity index (χ2n) is 5.48. The van der Waals surface area contributed by atoms with Gasteiger partial charge in [0.15, 0.2) is 0 Å². The Morgan fingerprint density at radius 3 is 2.52 bits per heavy atom. The molecule has 1 unspecified atom stereocenters. The zero-order chi connectivity index (χ0) is 16.7. The summed E-state index contributed by atoms with van der Waals surface area (Å²) < 4.78 is 0. The number of Topliss-reactive ketones (excluding diaryl/α,β-unsaturated/α-hetero) is 1. The predicted octanol–water partition coefficient (Wildman–Crippen LogP) is 1.54. The van der Waals surface area contributed by atoms with E-state index < -0.39 is 11.7 Å². The second-order valence-corrected chi connectivity index (χ2v) is 5.48. The highest BCUT2D eigenvalue weighted by atomic mass is 16.3. The fourth-order valence-corrected chi connectivity index (χ4v) is 2.17. The Balaban J connectivity index is 1.89. The van der Waals surface area contributed by atoms with Gasteiger partial charge in [-0.05, 0) is 25.5 Å². The summed E-state index contributed by atoms with van der Waals surface area (Å²) in [7, 11) is 0. The number of nitrogens with zero attached hydrogens (tertiary/aromatic N) is 1. The van der Waals surface area contributed by atoms with Crippen LogP contribution in [0.1, 0.15) is 21.6 Å². The van der Waals surface area contributed by atoms with Crippen molar-refractivity contribution in [3.05, 3.63) is 65.5 Å². The molecule has 1 heterocycles. The highest BCUT2D eigenvalue weighted by molar-refractivity contribution is 6.42. The lowest BCUT2D eigenvalue weighted by molar-refractivity contribution is -0.117. The van der Waals surface area contributed by atoms with Gasteiger partial charge in [-0.2, -0.15) is 0 Å². The third-order valence-corrected chi connectivity index (χ3v) is 3.55. The van der Waals surface area contributed by atoms with Gasteiger partial charge in [-0.3, -0.25) is 14.6 Å². The maximum absolute atomic E-state index is 12.0. The van der Waals surface area contributed by atoms with Gasteiger partial charge < -0.3 is 10.4 Å². The van der Waals surface area contributed by atoms with Crippen molar-refractivity contribution in [2.75, 3.05) is 13.2 Å². The van der Waals surface area contributed by atoms with Crippen molar-refractivity contribution in [1.29, 1.82) is 0 Å². The maximum atomic E-state index is 12.0. The molecule has 0 radical (unpaired) electrons. The topological polar surface area (TPSA) is 79.3 Å². The summed E-state index contributed by atoms with van der Waals surface area (Å²) in [5.41, 5.74) is 2.22. The molecule has 5 nitrogen and oxygen atoms in total. The zero-order valence-electron chi connectivity index (χ0n) is 13.0. The average Bonchev–Trinajstić information content (AvgIpc) is 2.59. The van der Waals surface area contributed by atoms with Crippen LogP contribution in [0.15, 0.2) is 48.7 Å². The summed E-state index contributed by atoms with van der Waals surface area (Å²) in [4.78, 5) is 28.2. The fraction of sp³-hybridized carbons (Fsp3) is 0.278. The zero-order valence-corrected chi connectivity index (χ0v) is 13.0. The molecular formula is C18H20N2O3. The maximum Gasteiger partial charge on any atom is 0.292 e. The van der Waals surface area contributed by atoms with Gasteiger partial charge in [-0.1, -0.05) is 35.9 Å². The van der Waals surface area contributed by atoms with Gasteiger partial charge in [0.2, 0.25) is 5.78 Å². The third-order valence-electron chi connectivity index (χ3n) is 3.55. The summed E-state index contributed by atoms with van der Waals surface area (Å²) in [6, 6.07) is 12.4. The molecule has 1 atom stereocenters. The molecule has 0 aliphatic carbocycles. The van der Waals surface area contributed by atoms with E-state index in [1.807, 2.05) is 25.1 Å². The SMILES string of the molecule is Cc1ccc(C(=O)C(=O)NCC(CO)Cc2ccccn2)cc1. The number of aryl methyl sites for hydroxylation is 1. The summed E-state index contributed by atoms with van der Waals surface area (Å²) in [6.07, 6.45) is 2.22. The van der Waals surface area contributed by atoms with Gasteiger partial charge in [0.25, 0.3) is 5.91 Å². The standard InChI is InChI=1S/C18H20N2O3/c1-13-5-7-15(8-6-13)17(22)18(23)20-11-14(12-21)10-16-4-2-3-9-19-16/h2-9,14,21H,10-12H2,1H3,(H,20,23). The first-order valence-electron chi connectivity index (χ1n) is 7.50. The van der Waals surface area contributed by atoms with Crippen molar-refractivity contribution >= 4 is 11.7 Å². The van der Waals surface area contributed by atoms with Gasteiger partial charge in [0.1, 0.15) is 0 Å². The number of aliphatic hydroxyl groups is 1. The Labute approximate surface area is 135 Å². The molecule has 1 amide bonds. The van der Waals surface area contributed by atoms with Crippen molar-refractivity contribution in [3.8, 4) is 0 Å². The third kappa shape index (κ3) is 5.00. The first-order chi connectivity index (χ1) is 11.1. The van der Waals surface area contributed by atoms with Crippen LogP contribution in [0.25, 0.3) is 0 Å². The number of hydrogen-bond donors (Lipinski definition) is 2. The number of ketones is 1. The minimum absolute atomic E-state index is 0.0877. The van der Waals surface area contributed by atoms with E-state index >= 15 is 0 Å². The molecule has 0 spiro atoms. The van der Waals surface area contributed by atoms with E-state index in [1.54, 1.807) is 30.5 Å². The van der Waals surface area contributed by atoms with E-state index in [0.29, 0.717) is 12.0 Å². The van der Waals surface area contributed by atoms with E-state index in [1.165, 1.54) is 0 Å². The molecule has 0 fully saturated rings. The number of amides is 1. The lowest BCUT2D eigenvalue weighted by atomic mass is 10.0. The lowest BCUT2D eigenvalue weighted by Crippen LogP contribution is -2.36. The first kappa shape index (κ1) is 16.8. The molecule has 23 heavy (non-hydrogen) atoms. The van der Waals surface area contributed by atoms with Gasteiger partial charge >= 0.3 is 0 Å². The summed E-state index contributed by atoms with van der Waals surface area (Å²) in [6.45, 7) is 2.05.